The van der Waals surface area contributed by atoms with Crippen LogP contribution in [-0.4, -0.2) is 14.7 Å². The minimum Gasteiger partial charge on any atom is -0.494 e. The van der Waals surface area contributed by atoms with Gasteiger partial charge >= 0.3 is 0 Å². The van der Waals surface area contributed by atoms with Crippen LogP contribution in [0.25, 0.3) is 32.9 Å². The third-order valence-electron chi connectivity index (χ3n) is 4.99. The average molecular weight is 351 g/mol. The molecule has 2 aromatic heterocycles. The topological polar surface area (TPSA) is 64.1 Å². The second-order valence-electron chi connectivity index (χ2n) is 6.68. The normalized spacial score (nSPS) is 14.4. The van der Waals surface area contributed by atoms with Crippen LogP contribution in [0.4, 0.5) is 14.5 Å². The van der Waals surface area contributed by atoms with Gasteiger partial charge in [-0.2, -0.15) is 0 Å². The number of anilines is 1. The van der Waals surface area contributed by atoms with E-state index < -0.39 is 11.6 Å². The molecule has 0 atom stereocenters. The molecule has 130 valence electrons. The first-order valence-corrected chi connectivity index (χ1v) is 8.42. The highest BCUT2D eigenvalue weighted by Gasteiger charge is 2.28. The van der Waals surface area contributed by atoms with Gasteiger partial charge in [-0.3, -0.25) is 0 Å². The summed E-state index contributed by atoms with van der Waals surface area (Å²) in [5.74, 6) is -1.22. The SMILES string of the molecule is Nc1c2cccc(-c3c(F)cccc3F)c2nc2cn(C3CC3)c(O)c12. The Morgan fingerprint density at radius 1 is 1.08 bits per heavy atom. The van der Waals surface area contributed by atoms with E-state index in [1.807, 2.05) is 0 Å². The van der Waals surface area contributed by atoms with Gasteiger partial charge in [-0.15, -0.1) is 0 Å². The lowest BCUT2D eigenvalue weighted by molar-refractivity contribution is 0.424. The molecular formula is C20H15F2N3O. The molecule has 6 heteroatoms. The zero-order chi connectivity index (χ0) is 18.0. The van der Waals surface area contributed by atoms with Crippen molar-refractivity contribution in [2.75, 3.05) is 5.73 Å². The van der Waals surface area contributed by atoms with E-state index in [9.17, 15) is 13.9 Å². The summed E-state index contributed by atoms with van der Waals surface area (Å²) in [5, 5.41) is 11.6. The first-order valence-electron chi connectivity index (χ1n) is 8.42. The smallest absolute Gasteiger partial charge is 0.203 e. The van der Waals surface area contributed by atoms with Gasteiger partial charge in [0.15, 0.2) is 0 Å². The molecule has 1 aliphatic carbocycles. The maximum Gasteiger partial charge on any atom is 0.203 e. The van der Waals surface area contributed by atoms with Crippen LogP contribution in [-0.2, 0) is 0 Å². The molecule has 4 nitrogen and oxygen atoms in total. The van der Waals surface area contributed by atoms with E-state index in [1.165, 1.54) is 18.2 Å². The number of pyridine rings is 1. The van der Waals surface area contributed by atoms with Crippen LogP contribution in [0.2, 0.25) is 0 Å². The van der Waals surface area contributed by atoms with Crippen molar-refractivity contribution in [2.45, 2.75) is 18.9 Å². The summed E-state index contributed by atoms with van der Waals surface area (Å²) in [6, 6.07) is 9.07. The summed E-state index contributed by atoms with van der Waals surface area (Å²) in [5.41, 5.74) is 7.81. The maximum atomic E-state index is 14.3. The van der Waals surface area contributed by atoms with Crippen LogP contribution in [0.15, 0.2) is 42.6 Å². The van der Waals surface area contributed by atoms with E-state index in [0.29, 0.717) is 33.1 Å². The van der Waals surface area contributed by atoms with Gasteiger partial charge in [0.1, 0.15) is 11.6 Å². The van der Waals surface area contributed by atoms with E-state index in [0.717, 1.165) is 12.8 Å². The van der Waals surface area contributed by atoms with E-state index in [-0.39, 0.29) is 17.5 Å². The Morgan fingerprint density at radius 3 is 2.46 bits per heavy atom. The molecule has 0 amide bonds. The van der Waals surface area contributed by atoms with Crippen molar-refractivity contribution in [3.05, 3.63) is 54.2 Å². The zero-order valence-corrected chi connectivity index (χ0v) is 13.7. The van der Waals surface area contributed by atoms with Gasteiger partial charge in [-0.25, -0.2) is 13.8 Å². The summed E-state index contributed by atoms with van der Waals surface area (Å²) >= 11 is 0. The highest BCUT2D eigenvalue weighted by molar-refractivity contribution is 6.12. The molecule has 1 aliphatic rings. The van der Waals surface area contributed by atoms with E-state index in [4.69, 9.17) is 5.73 Å². The number of aromatic nitrogens is 2. The zero-order valence-electron chi connectivity index (χ0n) is 13.7. The Morgan fingerprint density at radius 2 is 1.77 bits per heavy atom. The molecule has 0 saturated heterocycles. The predicted molar refractivity (Wildman–Crippen MR) is 96.9 cm³/mol. The lowest BCUT2D eigenvalue weighted by atomic mass is 9.99. The van der Waals surface area contributed by atoms with Gasteiger partial charge in [0.2, 0.25) is 5.88 Å². The van der Waals surface area contributed by atoms with Crippen LogP contribution < -0.4 is 5.73 Å². The molecule has 26 heavy (non-hydrogen) atoms. The van der Waals surface area contributed by atoms with Crippen LogP contribution in [0, 0.1) is 11.6 Å². The predicted octanol–water partition coefficient (Wildman–Crippen LogP) is 4.76. The number of hydrogen-bond donors (Lipinski definition) is 2. The quantitative estimate of drug-likeness (QED) is 0.547. The fourth-order valence-electron chi connectivity index (χ4n) is 3.57. The molecule has 4 aromatic rings. The largest absolute Gasteiger partial charge is 0.494 e. The van der Waals surface area contributed by atoms with Gasteiger partial charge in [0.05, 0.1) is 27.7 Å². The Balaban J connectivity index is 1.88. The third kappa shape index (κ3) is 2.02. The fraction of sp³-hybridized carbons (Fsp3) is 0.150. The number of nitrogen functional groups attached to an aromatic ring is 1. The van der Waals surface area contributed by atoms with Crippen LogP contribution in [0.3, 0.4) is 0 Å². The van der Waals surface area contributed by atoms with E-state index in [1.54, 1.807) is 29.0 Å². The van der Waals surface area contributed by atoms with Crippen molar-refractivity contribution in [1.29, 1.82) is 0 Å². The van der Waals surface area contributed by atoms with E-state index >= 15 is 0 Å². The first kappa shape index (κ1) is 15.1. The van der Waals surface area contributed by atoms with Crippen molar-refractivity contribution in [3.8, 4) is 17.0 Å². The van der Waals surface area contributed by atoms with Crippen molar-refractivity contribution in [2.24, 2.45) is 0 Å². The molecular weight excluding hydrogens is 336 g/mol. The Labute approximate surface area is 147 Å². The summed E-state index contributed by atoms with van der Waals surface area (Å²) in [6.45, 7) is 0. The van der Waals surface area contributed by atoms with Crippen molar-refractivity contribution in [1.82, 2.24) is 9.55 Å². The van der Waals surface area contributed by atoms with Gasteiger partial charge in [-0.1, -0.05) is 24.3 Å². The van der Waals surface area contributed by atoms with Crippen LogP contribution >= 0.6 is 0 Å². The molecule has 2 aromatic carbocycles. The summed E-state index contributed by atoms with van der Waals surface area (Å²) in [6.07, 6.45) is 3.76. The Hall–Kier alpha value is -3.15. The molecule has 0 spiro atoms. The number of benzene rings is 2. The van der Waals surface area contributed by atoms with Crippen LogP contribution in [0.5, 0.6) is 5.88 Å². The van der Waals surface area contributed by atoms with Crippen LogP contribution in [0.1, 0.15) is 18.9 Å². The Bertz CT molecular complexity index is 1170. The van der Waals surface area contributed by atoms with Crippen molar-refractivity contribution < 1.29 is 13.9 Å². The summed E-state index contributed by atoms with van der Waals surface area (Å²) in [4.78, 5) is 4.59. The van der Waals surface area contributed by atoms with Gasteiger partial charge < -0.3 is 15.4 Å². The number of rotatable bonds is 2. The molecule has 2 heterocycles. The summed E-state index contributed by atoms with van der Waals surface area (Å²) in [7, 11) is 0. The molecule has 0 unspecified atom stereocenters. The molecule has 1 saturated carbocycles. The van der Waals surface area contributed by atoms with E-state index in [2.05, 4.69) is 4.98 Å². The third-order valence-corrected chi connectivity index (χ3v) is 4.99. The lowest BCUT2D eigenvalue weighted by Crippen LogP contribution is -1.95. The second-order valence-corrected chi connectivity index (χ2v) is 6.68. The molecule has 3 N–H and O–H groups in total. The minimum absolute atomic E-state index is 0.0943. The standard InChI is InChI=1S/C20H15F2N3O/c21-13-5-2-6-14(22)16(13)11-3-1-4-12-18(23)17-15(24-19(11)12)9-25(20(17)26)10-7-8-10/h1-6,9-10,26H,7-8,23H2. The number of halogens is 2. The van der Waals surface area contributed by atoms with Crippen molar-refractivity contribution >= 4 is 27.5 Å². The monoisotopic (exact) mass is 351 g/mol. The number of aromatic hydroxyl groups is 1. The lowest BCUT2D eigenvalue weighted by Gasteiger charge is -2.10. The number of nitrogens with two attached hydrogens (primary N) is 1. The summed E-state index contributed by atoms with van der Waals surface area (Å²) < 4.78 is 30.4. The van der Waals surface area contributed by atoms with Gasteiger partial charge in [0.25, 0.3) is 0 Å². The minimum atomic E-state index is -0.656. The number of fused-ring (bicyclic) bond motifs is 2. The van der Waals surface area contributed by atoms with Gasteiger partial charge in [0, 0.05) is 23.2 Å². The first-order chi connectivity index (χ1) is 12.6. The highest BCUT2D eigenvalue weighted by atomic mass is 19.1. The highest BCUT2D eigenvalue weighted by Crippen LogP contribution is 2.45. The fourth-order valence-corrected chi connectivity index (χ4v) is 3.57. The number of hydrogen-bond acceptors (Lipinski definition) is 3. The second kappa shape index (κ2) is 5.17. The molecule has 0 bridgehead atoms. The molecule has 0 radical (unpaired) electrons. The van der Waals surface area contributed by atoms with Gasteiger partial charge in [-0.05, 0) is 25.0 Å². The molecule has 1 fully saturated rings. The maximum absolute atomic E-state index is 14.3. The average Bonchev–Trinajstić information content (AvgIpc) is 3.40. The number of para-hydroxylation sites is 1. The number of nitrogens with zero attached hydrogens (tertiary/aromatic N) is 2. The Kier molecular flexibility index (Phi) is 3.01. The van der Waals surface area contributed by atoms with Crippen molar-refractivity contribution in [3.63, 3.8) is 0 Å². The molecule has 0 aliphatic heterocycles. The molecule has 5 rings (SSSR count).